The molecule has 0 fully saturated rings. The number of carbonyl (C=O) groups excluding carboxylic acids is 3. The molecule has 0 rings (SSSR count). The molecule has 244 valence electrons. The number of allylic oxidation sites excluding steroid dienone is 4. The van der Waals surface area contributed by atoms with Crippen molar-refractivity contribution < 1.29 is 23.9 Å². The molecule has 0 aliphatic rings. The summed E-state index contributed by atoms with van der Waals surface area (Å²) in [5.41, 5.74) is -0.945. The summed E-state index contributed by atoms with van der Waals surface area (Å²) in [6.45, 7) is 13.2. The highest BCUT2D eigenvalue weighted by molar-refractivity contribution is 5.78. The summed E-state index contributed by atoms with van der Waals surface area (Å²) >= 11 is 0. The lowest BCUT2D eigenvalue weighted by Gasteiger charge is -2.22. The monoisotopic (exact) mass is 590 g/mol. The third-order valence-corrected chi connectivity index (χ3v) is 7.92. The Kier molecular flexibility index (Phi) is 24.4. The minimum absolute atomic E-state index is 0.105. The Bertz CT molecular complexity index is 700. The van der Waals surface area contributed by atoms with E-state index in [4.69, 9.17) is 9.47 Å². The summed E-state index contributed by atoms with van der Waals surface area (Å²) in [5, 5.41) is 0. The van der Waals surface area contributed by atoms with Gasteiger partial charge in [-0.1, -0.05) is 63.8 Å². The van der Waals surface area contributed by atoms with Gasteiger partial charge in [0.05, 0.1) is 24.0 Å². The second-order valence-electron chi connectivity index (χ2n) is 13.2. The predicted octanol–water partition coefficient (Wildman–Crippen LogP) is 10.6. The van der Waals surface area contributed by atoms with Gasteiger partial charge < -0.3 is 9.47 Å². The summed E-state index contributed by atoms with van der Waals surface area (Å²) in [6, 6.07) is 0. The van der Waals surface area contributed by atoms with E-state index in [-0.39, 0.29) is 11.9 Å². The predicted molar refractivity (Wildman–Crippen MR) is 176 cm³/mol. The van der Waals surface area contributed by atoms with Crippen LogP contribution in [0.4, 0.5) is 0 Å². The molecule has 0 heterocycles. The van der Waals surface area contributed by atoms with Gasteiger partial charge in [0, 0.05) is 12.8 Å². The van der Waals surface area contributed by atoms with E-state index in [2.05, 4.69) is 38.2 Å². The van der Waals surface area contributed by atoms with Crippen molar-refractivity contribution in [1.82, 2.24) is 0 Å². The largest absolute Gasteiger partial charge is 0.465 e. The molecular formula is C37H66O5. The van der Waals surface area contributed by atoms with Crippen molar-refractivity contribution in [2.75, 3.05) is 13.2 Å². The van der Waals surface area contributed by atoms with Gasteiger partial charge in [0.25, 0.3) is 0 Å². The maximum absolute atomic E-state index is 12.5. The van der Waals surface area contributed by atoms with Crippen molar-refractivity contribution in [3.8, 4) is 0 Å². The number of ketones is 1. The lowest BCUT2D eigenvalue weighted by Crippen LogP contribution is -2.27. The molecule has 0 unspecified atom stereocenters. The Labute approximate surface area is 259 Å². The van der Waals surface area contributed by atoms with Gasteiger partial charge in [0.2, 0.25) is 0 Å². The third kappa shape index (κ3) is 22.7. The lowest BCUT2D eigenvalue weighted by atomic mass is 9.86. The molecular weight excluding hydrogens is 524 g/mol. The summed E-state index contributed by atoms with van der Waals surface area (Å²) in [6.07, 6.45) is 27.9. The molecule has 0 saturated heterocycles. The fourth-order valence-electron chi connectivity index (χ4n) is 4.83. The first-order valence-corrected chi connectivity index (χ1v) is 17.2. The van der Waals surface area contributed by atoms with Crippen LogP contribution >= 0.6 is 0 Å². The zero-order chi connectivity index (χ0) is 31.5. The van der Waals surface area contributed by atoms with Crippen LogP contribution in [0.5, 0.6) is 0 Å². The van der Waals surface area contributed by atoms with Crippen LogP contribution in [0.2, 0.25) is 0 Å². The van der Waals surface area contributed by atoms with Gasteiger partial charge in [-0.25, -0.2) is 0 Å². The number of unbranched alkanes of at least 4 members (excludes halogenated alkanes) is 10. The molecule has 42 heavy (non-hydrogen) atoms. The van der Waals surface area contributed by atoms with E-state index in [1.165, 1.54) is 0 Å². The maximum atomic E-state index is 12.5. The van der Waals surface area contributed by atoms with Gasteiger partial charge in [0.15, 0.2) is 0 Å². The molecule has 0 spiro atoms. The average Bonchev–Trinajstić information content (AvgIpc) is 2.95. The maximum Gasteiger partial charge on any atom is 0.311 e. The normalized spacial score (nSPS) is 12.3. The molecule has 0 aromatic rings. The van der Waals surface area contributed by atoms with Crippen LogP contribution in [0, 0.1) is 10.8 Å². The van der Waals surface area contributed by atoms with Crippen LogP contribution in [-0.4, -0.2) is 30.9 Å². The van der Waals surface area contributed by atoms with Crippen molar-refractivity contribution in [2.45, 2.75) is 170 Å². The number of rotatable bonds is 28. The second kappa shape index (κ2) is 25.6. The SMILES string of the molecule is CC/C=C\CCCCCOC(=O)C(C)(C)CCCCCC(=O)CCCCCC(C)(C)C(=O)OCCCCC/C=C\CC. The van der Waals surface area contributed by atoms with Crippen LogP contribution in [0.1, 0.15) is 170 Å². The number of carbonyl (C=O) groups is 3. The Balaban J connectivity index is 3.84. The first kappa shape index (κ1) is 40.1. The van der Waals surface area contributed by atoms with Crippen molar-refractivity contribution in [2.24, 2.45) is 10.8 Å². The van der Waals surface area contributed by atoms with Crippen molar-refractivity contribution in [3.05, 3.63) is 24.3 Å². The fraction of sp³-hybridized carbons (Fsp3) is 0.811. The van der Waals surface area contributed by atoms with Crippen LogP contribution in [0.15, 0.2) is 24.3 Å². The number of hydrogen-bond acceptors (Lipinski definition) is 5. The number of ether oxygens (including phenoxy) is 2. The van der Waals surface area contributed by atoms with Gasteiger partial charge in [-0.2, -0.15) is 0 Å². The first-order chi connectivity index (χ1) is 20.1. The van der Waals surface area contributed by atoms with Gasteiger partial charge >= 0.3 is 11.9 Å². The highest BCUT2D eigenvalue weighted by atomic mass is 16.5. The molecule has 0 aliphatic carbocycles. The number of hydrogen-bond donors (Lipinski definition) is 0. The van der Waals surface area contributed by atoms with Crippen LogP contribution in [0.3, 0.4) is 0 Å². The minimum atomic E-state index is -0.472. The fourth-order valence-corrected chi connectivity index (χ4v) is 4.83. The zero-order valence-corrected chi connectivity index (χ0v) is 28.4. The second-order valence-corrected chi connectivity index (χ2v) is 13.2. The zero-order valence-electron chi connectivity index (χ0n) is 28.4. The molecule has 0 aromatic heterocycles. The summed E-state index contributed by atoms with van der Waals surface area (Å²) in [7, 11) is 0. The van der Waals surface area contributed by atoms with Crippen molar-refractivity contribution >= 4 is 17.7 Å². The Hall–Kier alpha value is -1.91. The van der Waals surface area contributed by atoms with Crippen molar-refractivity contribution in [1.29, 1.82) is 0 Å². The highest BCUT2D eigenvalue weighted by Crippen LogP contribution is 2.27. The standard InChI is InChI=1S/C37H66O5/c1-7-9-11-13-15-17-25-31-41-34(39)36(3,4)29-23-19-21-27-33(38)28-22-20-24-30-37(5,6)35(40)42-32-26-18-16-14-12-10-8-2/h9-12H,7-8,13-32H2,1-6H3/b11-9-,12-10-. The van der Waals surface area contributed by atoms with E-state index in [1.807, 2.05) is 27.7 Å². The molecule has 5 nitrogen and oxygen atoms in total. The molecule has 0 N–H and O–H groups in total. The average molecular weight is 591 g/mol. The topological polar surface area (TPSA) is 69.7 Å². The molecule has 0 aliphatic heterocycles. The Morgan fingerprint density at radius 3 is 1.26 bits per heavy atom. The number of Topliss-reactive ketones (excluding diaryl/α,β-unsaturated/α-hetero) is 1. The van der Waals surface area contributed by atoms with E-state index >= 15 is 0 Å². The van der Waals surface area contributed by atoms with Gasteiger partial charge in [-0.15, -0.1) is 0 Å². The van der Waals surface area contributed by atoms with Crippen LogP contribution in [-0.2, 0) is 23.9 Å². The van der Waals surface area contributed by atoms with Gasteiger partial charge in [-0.3, -0.25) is 14.4 Å². The molecule has 0 radical (unpaired) electrons. The van der Waals surface area contributed by atoms with E-state index in [0.717, 1.165) is 116 Å². The summed E-state index contributed by atoms with van der Waals surface area (Å²) in [5.74, 6) is 0.113. The van der Waals surface area contributed by atoms with E-state index in [9.17, 15) is 14.4 Å². The smallest absolute Gasteiger partial charge is 0.311 e. The molecule has 0 amide bonds. The Morgan fingerprint density at radius 1 is 0.500 bits per heavy atom. The third-order valence-electron chi connectivity index (χ3n) is 7.92. The first-order valence-electron chi connectivity index (χ1n) is 17.2. The summed E-state index contributed by atoms with van der Waals surface area (Å²) in [4.78, 5) is 37.3. The highest BCUT2D eigenvalue weighted by Gasteiger charge is 2.29. The molecule has 0 bridgehead atoms. The summed E-state index contributed by atoms with van der Waals surface area (Å²) < 4.78 is 11.1. The van der Waals surface area contributed by atoms with E-state index < -0.39 is 10.8 Å². The molecule has 0 atom stereocenters. The molecule has 0 saturated carbocycles. The molecule has 5 heteroatoms. The van der Waals surface area contributed by atoms with E-state index in [0.29, 0.717) is 31.8 Å². The van der Waals surface area contributed by atoms with E-state index in [1.54, 1.807) is 0 Å². The Morgan fingerprint density at radius 2 is 0.881 bits per heavy atom. The number of esters is 2. The van der Waals surface area contributed by atoms with Crippen molar-refractivity contribution in [3.63, 3.8) is 0 Å². The van der Waals surface area contributed by atoms with Gasteiger partial charge in [0.1, 0.15) is 5.78 Å². The van der Waals surface area contributed by atoms with Gasteiger partial charge in [-0.05, 0) is 118 Å². The van der Waals surface area contributed by atoms with Crippen LogP contribution < -0.4 is 0 Å². The quantitative estimate of drug-likeness (QED) is 0.0515. The minimum Gasteiger partial charge on any atom is -0.465 e. The molecule has 0 aromatic carbocycles. The van der Waals surface area contributed by atoms with Crippen LogP contribution in [0.25, 0.3) is 0 Å². The lowest BCUT2D eigenvalue weighted by molar-refractivity contribution is -0.155.